The third-order valence-corrected chi connectivity index (χ3v) is 2.94. The van der Waals surface area contributed by atoms with E-state index in [1.54, 1.807) is 0 Å². The molecular weight excluding hydrogens is 162 g/mol. The number of nitrogens with one attached hydrogen (secondary N) is 1. The molecule has 0 saturated heterocycles. The summed E-state index contributed by atoms with van der Waals surface area (Å²) in [5, 5.41) is 0. The van der Waals surface area contributed by atoms with Crippen LogP contribution in [0.5, 0.6) is 0 Å². The largest absolute Gasteiger partial charge is 0.362 e. The summed E-state index contributed by atoms with van der Waals surface area (Å²) in [6.07, 6.45) is 3.94. The van der Waals surface area contributed by atoms with Gasteiger partial charge in [-0.3, -0.25) is 4.79 Å². The number of Topliss-reactive ketones (excluding diaryl/α,β-unsaturated/α-hetero) is 1. The highest BCUT2D eigenvalue weighted by Crippen LogP contribution is 2.24. The number of aryl methyl sites for hydroxylation is 2. The molecule has 0 saturated carbocycles. The van der Waals surface area contributed by atoms with Gasteiger partial charge in [0.15, 0.2) is 5.78 Å². The van der Waals surface area contributed by atoms with Gasteiger partial charge in [0.1, 0.15) is 0 Å². The van der Waals surface area contributed by atoms with Gasteiger partial charge in [0.05, 0.1) is 0 Å². The first kappa shape index (κ1) is 8.54. The van der Waals surface area contributed by atoms with Crippen LogP contribution in [-0.4, -0.2) is 10.8 Å². The molecule has 0 amide bonds. The minimum absolute atomic E-state index is 0.328. The second-order valence-corrected chi connectivity index (χ2v) is 3.86. The van der Waals surface area contributed by atoms with E-state index in [2.05, 4.69) is 4.98 Å². The molecule has 1 aliphatic rings. The van der Waals surface area contributed by atoms with Crippen LogP contribution in [0.4, 0.5) is 0 Å². The number of hydrogen-bond donors (Lipinski definition) is 1. The fourth-order valence-electron chi connectivity index (χ4n) is 2.07. The van der Waals surface area contributed by atoms with E-state index < -0.39 is 0 Å². The fraction of sp³-hybridized carbons (Fsp3) is 0.545. The van der Waals surface area contributed by atoms with Crippen LogP contribution in [-0.2, 0) is 6.42 Å². The summed E-state index contributed by atoms with van der Waals surface area (Å²) in [6.45, 7) is 4.07. The van der Waals surface area contributed by atoms with Crippen LogP contribution in [0.25, 0.3) is 0 Å². The molecule has 1 N–H and O–H groups in total. The van der Waals surface area contributed by atoms with Gasteiger partial charge in [-0.25, -0.2) is 0 Å². The van der Waals surface area contributed by atoms with E-state index in [1.165, 1.54) is 0 Å². The van der Waals surface area contributed by atoms with Crippen LogP contribution in [0.1, 0.15) is 46.6 Å². The number of hydrogen-bond acceptors (Lipinski definition) is 1. The molecular formula is C11H15NO. The van der Waals surface area contributed by atoms with Gasteiger partial charge in [0.25, 0.3) is 0 Å². The van der Waals surface area contributed by atoms with E-state index in [1.807, 2.05) is 13.8 Å². The van der Waals surface area contributed by atoms with Crippen molar-refractivity contribution in [2.75, 3.05) is 0 Å². The highest BCUT2D eigenvalue weighted by atomic mass is 16.1. The highest BCUT2D eigenvalue weighted by Gasteiger charge is 2.20. The number of H-pyrrole nitrogens is 1. The number of carbonyl (C=O) groups excluding carboxylic acids is 1. The molecule has 0 atom stereocenters. The number of carbonyl (C=O) groups is 1. The van der Waals surface area contributed by atoms with E-state index in [4.69, 9.17) is 0 Å². The van der Waals surface area contributed by atoms with Crippen LogP contribution in [0, 0.1) is 13.8 Å². The van der Waals surface area contributed by atoms with E-state index in [0.717, 1.165) is 48.2 Å². The van der Waals surface area contributed by atoms with Crippen LogP contribution in [0.2, 0.25) is 0 Å². The Balaban J connectivity index is 2.54. The van der Waals surface area contributed by atoms with Crippen LogP contribution in [0.3, 0.4) is 0 Å². The summed E-state index contributed by atoms with van der Waals surface area (Å²) in [6, 6.07) is 0. The van der Waals surface area contributed by atoms with E-state index >= 15 is 0 Å². The Morgan fingerprint density at radius 1 is 1.15 bits per heavy atom. The monoisotopic (exact) mass is 177 g/mol. The predicted octanol–water partition coefficient (Wildman–Crippen LogP) is 2.54. The fourth-order valence-corrected chi connectivity index (χ4v) is 2.07. The first-order valence-electron chi connectivity index (χ1n) is 4.91. The minimum atomic E-state index is 0.328. The molecule has 0 aromatic carbocycles. The van der Waals surface area contributed by atoms with Crippen molar-refractivity contribution in [2.24, 2.45) is 0 Å². The molecule has 1 aliphatic carbocycles. The average molecular weight is 177 g/mol. The lowest BCUT2D eigenvalue weighted by Crippen LogP contribution is -1.99. The first-order valence-corrected chi connectivity index (χ1v) is 4.91. The molecule has 0 fully saturated rings. The zero-order valence-electron chi connectivity index (χ0n) is 8.24. The standard InChI is InChI=1S/C11H15NO/c1-7-8(2)12-9-5-3-4-6-10(13)11(7)9/h12H,3-6H2,1-2H3. The quantitative estimate of drug-likeness (QED) is 0.607. The smallest absolute Gasteiger partial charge is 0.164 e. The normalized spacial score (nSPS) is 16.9. The molecule has 70 valence electrons. The van der Waals surface area contributed by atoms with Gasteiger partial charge in [-0.05, 0) is 38.7 Å². The Morgan fingerprint density at radius 3 is 2.62 bits per heavy atom. The molecule has 13 heavy (non-hydrogen) atoms. The summed E-state index contributed by atoms with van der Waals surface area (Å²) in [5.74, 6) is 0.328. The molecule has 2 rings (SSSR count). The Bertz CT molecular complexity index is 349. The topological polar surface area (TPSA) is 32.9 Å². The number of ketones is 1. The van der Waals surface area contributed by atoms with Gasteiger partial charge in [-0.15, -0.1) is 0 Å². The Morgan fingerprint density at radius 2 is 1.85 bits per heavy atom. The lowest BCUT2D eigenvalue weighted by atomic mass is 10.0. The third kappa shape index (κ3) is 1.30. The van der Waals surface area contributed by atoms with Gasteiger partial charge in [0, 0.05) is 23.4 Å². The van der Waals surface area contributed by atoms with Crippen LogP contribution in [0.15, 0.2) is 0 Å². The second kappa shape index (κ2) is 3.02. The highest BCUT2D eigenvalue weighted by molar-refractivity contribution is 5.99. The number of fused-ring (bicyclic) bond motifs is 1. The summed E-state index contributed by atoms with van der Waals surface area (Å²) >= 11 is 0. The minimum Gasteiger partial charge on any atom is -0.362 e. The van der Waals surface area contributed by atoms with Gasteiger partial charge in [0.2, 0.25) is 0 Å². The number of rotatable bonds is 0. The molecule has 0 aliphatic heterocycles. The second-order valence-electron chi connectivity index (χ2n) is 3.86. The van der Waals surface area contributed by atoms with Gasteiger partial charge in [-0.2, -0.15) is 0 Å². The average Bonchev–Trinajstić information content (AvgIpc) is 2.29. The molecule has 0 radical (unpaired) electrons. The maximum absolute atomic E-state index is 11.7. The van der Waals surface area contributed by atoms with Crippen molar-refractivity contribution in [1.82, 2.24) is 4.98 Å². The predicted molar refractivity (Wildman–Crippen MR) is 52.2 cm³/mol. The van der Waals surface area contributed by atoms with Crippen LogP contribution < -0.4 is 0 Å². The molecule has 1 heterocycles. The molecule has 2 heteroatoms. The SMILES string of the molecule is Cc1[nH]c2c(c1C)C(=O)CCCC2. The summed E-state index contributed by atoms with van der Waals surface area (Å²) in [5.41, 5.74) is 4.45. The van der Waals surface area contributed by atoms with Crippen molar-refractivity contribution in [3.05, 3.63) is 22.5 Å². The first-order chi connectivity index (χ1) is 6.20. The van der Waals surface area contributed by atoms with E-state index in [0.29, 0.717) is 5.78 Å². The van der Waals surface area contributed by atoms with Gasteiger partial charge < -0.3 is 4.98 Å². The molecule has 1 aromatic rings. The van der Waals surface area contributed by atoms with Crippen molar-refractivity contribution in [1.29, 1.82) is 0 Å². The summed E-state index contributed by atoms with van der Waals surface area (Å²) in [4.78, 5) is 15.0. The van der Waals surface area contributed by atoms with Gasteiger partial charge in [-0.1, -0.05) is 0 Å². The van der Waals surface area contributed by atoms with Crippen molar-refractivity contribution in [2.45, 2.75) is 39.5 Å². The van der Waals surface area contributed by atoms with Crippen molar-refractivity contribution >= 4 is 5.78 Å². The lowest BCUT2D eigenvalue weighted by Gasteiger charge is -1.97. The third-order valence-electron chi connectivity index (χ3n) is 2.94. The Labute approximate surface area is 78.4 Å². The lowest BCUT2D eigenvalue weighted by molar-refractivity contribution is 0.0981. The Kier molecular flexibility index (Phi) is 1.98. The summed E-state index contributed by atoms with van der Waals surface area (Å²) in [7, 11) is 0. The zero-order valence-corrected chi connectivity index (χ0v) is 8.24. The number of aromatic amines is 1. The van der Waals surface area contributed by atoms with Gasteiger partial charge >= 0.3 is 0 Å². The molecule has 0 spiro atoms. The summed E-state index contributed by atoms with van der Waals surface area (Å²) < 4.78 is 0. The van der Waals surface area contributed by atoms with Crippen molar-refractivity contribution in [3.8, 4) is 0 Å². The maximum Gasteiger partial charge on any atom is 0.164 e. The molecule has 0 unspecified atom stereocenters. The van der Waals surface area contributed by atoms with Crippen molar-refractivity contribution < 1.29 is 4.79 Å². The molecule has 0 bridgehead atoms. The maximum atomic E-state index is 11.7. The van der Waals surface area contributed by atoms with E-state index in [-0.39, 0.29) is 0 Å². The van der Waals surface area contributed by atoms with Crippen LogP contribution >= 0.6 is 0 Å². The molecule has 2 nitrogen and oxygen atoms in total. The number of aromatic nitrogens is 1. The Hall–Kier alpha value is -1.05. The van der Waals surface area contributed by atoms with Crippen molar-refractivity contribution in [3.63, 3.8) is 0 Å². The van der Waals surface area contributed by atoms with E-state index in [9.17, 15) is 4.79 Å². The molecule has 1 aromatic heterocycles. The zero-order chi connectivity index (χ0) is 9.42.